The number of methoxy groups -OCH3 is 1. The SMILES string of the molecule is COc1ccc2c(c1)CN(C(=O)NC1CCN(C(C)C)C1)CC2. The minimum absolute atomic E-state index is 0.0640. The summed E-state index contributed by atoms with van der Waals surface area (Å²) in [5, 5.41) is 3.21. The smallest absolute Gasteiger partial charge is 0.317 e. The predicted molar refractivity (Wildman–Crippen MR) is 90.8 cm³/mol. The molecule has 1 saturated heterocycles. The maximum atomic E-state index is 12.6. The Hall–Kier alpha value is -1.75. The van der Waals surface area contributed by atoms with Crippen LogP contribution in [0.1, 0.15) is 31.4 Å². The molecular formula is C18H27N3O2. The first-order valence-corrected chi connectivity index (χ1v) is 8.52. The summed E-state index contributed by atoms with van der Waals surface area (Å²) in [7, 11) is 1.68. The average molecular weight is 317 g/mol. The van der Waals surface area contributed by atoms with Crippen LogP contribution in [-0.2, 0) is 13.0 Å². The Balaban J connectivity index is 1.59. The Bertz CT molecular complexity index is 573. The fraction of sp³-hybridized carbons (Fsp3) is 0.611. The lowest BCUT2D eigenvalue weighted by Crippen LogP contribution is -2.47. The van der Waals surface area contributed by atoms with E-state index in [4.69, 9.17) is 4.74 Å². The van der Waals surface area contributed by atoms with Crippen LogP contribution in [0.5, 0.6) is 5.75 Å². The Morgan fingerprint density at radius 3 is 2.83 bits per heavy atom. The number of fused-ring (bicyclic) bond motifs is 1. The molecule has 2 aliphatic rings. The van der Waals surface area contributed by atoms with E-state index >= 15 is 0 Å². The molecule has 1 unspecified atom stereocenters. The summed E-state index contributed by atoms with van der Waals surface area (Å²) in [5.74, 6) is 0.856. The minimum atomic E-state index is 0.0640. The highest BCUT2D eigenvalue weighted by molar-refractivity contribution is 5.75. The lowest BCUT2D eigenvalue weighted by atomic mass is 10.00. The predicted octanol–water partition coefficient (Wildman–Crippen LogP) is 2.25. The van der Waals surface area contributed by atoms with Gasteiger partial charge < -0.3 is 15.0 Å². The Morgan fingerprint density at radius 1 is 1.30 bits per heavy atom. The quantitative estimate of drug-likeness (QED) is 0.930. The molecule has 23 heavy (non-hydrogen) atoms. The molecule has 1 atom stereocenters. The summed E-state index contributed by atoms with van der Waals surface area (Å²) in [4.78, 5) is 16.9. The number of nitrogens with one attached hydrogen (secondary N) is 1. The molecule has 2 heterocycles. The van der Waals surface area contributed by atoms with Crippen molar-refractivity contribution in [1.29, 1.82) is 0 Å². The molecule has 0 radical (unpaired) electrons. The van der Waals surface area contributed by atoms with Gasteiger partial charge in [0.1, 0.15) is 5.75 Å². The first-order valence-electron chi connectivity index (χ1n) is 8.52. The van der Waals surface area contributed by atoms with Crippen LogP contribution >= 0.6 is 0 Å². The molecule has 5 heteroatoms. The lowest BCUT2D eigenvalue weighted by Gasteiger charge is -2.30. The number of amides is 2. The molecule has 1 aromatic rings. The van der Waals surface area contributed by atoms with Gasteiger partial charge in [0, 0.05) is 38.3 Å². The van der Waals surface area contributed by atoms with Gasteiger partial charge in [-0.15, -0.1) is 0 Å². The molecule has 0 saturated carbocycles. The van der Waals surface area contributed by atoms with E-state index in [-0.39, 0.29) is 12.1 Å². The van der Waals surface area contributed by atoms with Crippen LogP contribution < -0.4 is 10.1 Å². The number of hydrogen-bond donors (Lipinski definition) is 1. The van der Waals surface area contributed by atoms with Crippen molar-refractivity contribution in [2.24, 2.45) is 0 Å². The second-order valence-corrected chi connectivity index (χ2v) is 6.83. The molecule has 0 spiro atoms. The van der Waals surface area contributed by atoms with Crippen LogP contribution in [0.15, 0.2) is 18.2 Å². The first-order chi connectivity index (χ1) is 11.1. The zero-order valence-corrected chi connectivity index (χ0v) is 14.3. The number of benzene rings is 1. The van der Waals surface area contributed by atoms with Crippen LogP contribution in [0.3, 0.4) is 0 Å². The van der Waals surface area contributed by atoms with Crippen molar-refractivity contribution in [3.8, 4) is 5.75 Å². The Labute approximate surface area is 138 Å². The van der Waals surface area contributed by atoms with Gasteiger partial charge in [-0.1, -0.05) is 6.07 Å². The number of carbonyl (C=O) groups is 1. The maximum Gasteiger partial charge on any atom is 0.317 e. The van der Waals surface area contributed by atoms with Gasteiger partial charge in [-0.3, -0.25) is 4.90 Å². The van der Waals surface area contributed by atoms with Gasteiger partial charge in [0.2, 0.25) is 0 Å². The van der Waals surface area contributed by atoms with E-state index in [2.05, 4.69) is 30.1 Å². The number of urea groups is 1. The fourth-order valence-corrected chi connectivity index (χ4v) is 3.47. The van der Waals surface area contributed by atoms with E-state index in [1.165, 1.54) is 11.1 Å². The minimum Gasteiger partial charge on any atom is -0.497 e. The fourth-order valence-electron chi connectivity index (χ4n) is 3.47. The first kappa shape index (κ1) is 16.1. The summed E-state index contributed by atoms with van der Waals surface area (Å²) in [5.41, 5.74) is 2.52. The maximum absolute atomic E-state index is 12.6. The summed E-state index contributed by atoms with van der Waals surface area (Å²) in [6, 6.07) is 7.04. The van der Waals surface area contributed by atoms with Crippen LogP contribution in [-0.4, -0.2) is 54.7 Å². The Kier molecular flexibility index (Phi) is 4.76. The standard InChI is InChI=1S/C18H27N3O2/c1-13(2)20-9-7-16(12-20)19-18(22)21-8-6-14-4-5-17(23-3)10-15(14)11-21/h4-5,10,13,16H,6-9,11-12H2,1-3H3,(H,19,22). The van der Waals surface area contributed by atoms with Gasteiger partial charge in [0.05, 0.1) is 7.11 Å². The molecule has 126 valence electrons. The number of ether oxygens (including phenoxy) is 1. The van der Waals surface area contributed by atoms with E-state index in [9.17, 15) is 4.79 Å². The molecule has 3 rings (SSSR count). The monoisotopic (exact) mass is 317 g/mol. The molecule has 1 aromatic carbocycles. The normalized spacial score (nSPS) is 21.4. The number of hydrogen-bond acceptors (Lipinski definition) is 3. The van der Waals surface area contributed by atoms with Gasteiger partial charge in [-0.2, -0.15) is 0 Å². The van der Waals surface area contributed by atoms with E-state index in [1.54, 1.807) is 7.11 Å². The highest BCUT2D eigenvalue weighted by Crippen LogP contribution is 2.24. The second-order valence-electron chi connectivity index (χ2n) is 6.83. The van der Waals surface area contributed by atoms with E-state index in [1.807, 2.05) is 17.0 Å². The van der Waals surface area contributed by atoms with Crippen molar-refractivity contribution in [3.63, 3.8) is 0 Å². The molecule has 0 bridgehead atoms. The van der Waals surface area contributed by atoms with E-state index in [0.29, 0.717) is 12.6 Å². The summed E-state index contributed by atoms with van der Waals surface area (Å²) >= 11 is 0. The van der Waals surface area contributed by atoms with Gasteiger partial charge in [0.25, 0.3) is 0 Å². The van der Waals surface area contributed by atoms with Gasteiger partial charge in [0.15, 0.2) is 0 Å². The van der Waals surface area contributed by atoms with Crippen molar-refractivity contribution in [2.75, 3.05) is 26.7 Å². The van der Waals surface area contributed by atoms with Gasteiger partial charge in [-0.25, -0.2) is 4.79 Å². The number of likely N-dealkylation sites (tertiary alicyclic amines) is 1. The molecule has 1 N–H and O–H groups in total. The lowest BCUT2D eigenvalue weighted by molar-refractivity contribution is 0.187. The summed E-state index contributed by atoms with van der Waals surface area (Å²) in [6.07, 6.45) is 1.96. The van der Waals surface area contributed by atoms with Crippen molar-refractivity contribution in [3.05, 3.63) is 29.3 Å². The van der Waals surface area contributed by atoms with Gasteiger partial charge >= 0.3 is 6.03 Å². The van der Waals surface area contributed by atoms with Crippen molar-refractivity contribution >= 4 is 6.03 Å². The highest BCUT2D eigenvalue weighted by Gasteiger charge is 2.28. The van der Waals surface area contributed by atoms with Crippen LogP contribution in [0.2, 0.25) is 0 Å². The zero-order valence-electron chi connectivity index (χ0n) is 14.3. The third-order valence-electron chi connectivity index (χ3n) is 4.99. The molecule has 2 aliphatic heterocycles. The highest BCUT2D eigenvalue weighted by atomic mass is 16.5. The largest absolute Gasteiger partial charge is 0.497 e. The van der Waals surface area contributed by atoms with Crippen molar-refractivity contribution < 1.29 is 9.53 Å². The van der Waals surface area contributed by atoms with Crippen LogP contribution in [0, 0.1) is 0 Å². The number of rotatable bonds is 3. The van der Waals surface area contributed by atoms with Crippen molar-refractivity contribution in [2.45, 2.75) is 45.3 Å². The zero-order chi connectivity index (χ0) is 16.4. The van der Waals surface area contributed by atoms with Crippen LogP contribution in [0.4, 0.5) is 4.79 Å². The van der Waals surface area contributed by atoms with Crippen LogP contribution in [0.25, 0.3) is 0 Å². The summed E-state index contributed by atoms with van der Waals surface area (Å²) in [6.45, 7) is 7.90. The topological polar surface area (TPSA) is 44.8 Å². The molecule has 0 aliphatic carbocycles. The molecule has 0 aromatic heterocycles. The third-order valence-corrected chi connectivity index (χ3v) is 4.99. The average Bonchev–Trinajstić information content (AvgIpc) is 3.02. The second kappa shape index (κ2) is 6.79. The molecule has 2 amide bonds. The van der Waals surface area contributed by atoms with E-state index < -0.39 is 0 Å². The van der Waals surface area contributed by atoms with E-state index in [0.717, 1.165) is 38.2 Å². The van der Waals surface area contributed by atoms with Gasteiger partial charge in [-0.05, 0) is 49.9 Å². The van der Waals surface area contributed by atoms with Crippen molar-refractivity contribution in [1.82, 2.24) is 15.1 Å². The number of carbonyl (C=O) groups excluding carboxylic acids is 1. The third kappa shape index (κ3) is 3.61. The molecule has 1 fully saturated rings. The Morgan fingerprint density at radius 2 is 2.13 bits per heavy atom. The summed E-state index contributed by atoms with van der Waals surface area (Å²) < 4.78 is 5.29. The molecule has 5 nitrogen and oxygen atoms in total. The number of nitrogens with zero attached hydrogens (tertiary/aromatic N) is 2. The molecular weight excluding hydrogens is 290 g/mol.